The SMILES string of the molecule is [2H]C([2H])(NCC)C([2H])(O)C([2H])([2H])Oc1ccc(NC(=O)CCC)cc1C(C)=O. The number of hydrogen-bond donors (Lipinski definition) is 3. The minimum atomic E-state index is -3.34. The number of amides is 1. The maximum absolute atomic E-state index is 12.0. The number of Topliss-reactive ketones (excluding diaryl/α,β-unsaturated/α-hetero) is 1. The number of carbonyl (C=O) groups is 2. The van der Waals surface area contributed by atoms with Crippen LogP contribution < -0.4 is 15.4 Å². The molecule has 1 rings (SSSR count). The summed E-state index contributed by atoms with van der Waals surface area (Å²) in [4.78, 5) is 23.7. The molecule has 1 aromatic carbocycles. The number of benzene rings is 1. The van der Waals surface area contributed by atoms with E-state index in [1.165, 1.54) is 32.0 Å². The number of rotatable bonds is 10. The van der Waals surface area contributed by atoms with E-state index in [-0.39, 0.29) is 23.8 Å². The Hall–Kier alpha value is -1.92. The van der Waals surface area contributed by atoms with Crippen molar-refractivity contribution >= 4 is 17.4 Å². The van der Waals surface area contributed by atoms with E-state index in [2.05, 4.69) is 10.6 Å². The van der Waals surface area contributed by atoms with Crippen LogP contribution in [0.5, 0.6) is 5.75 Å². The molecule has 0 spiro atoms. The van der Waals surface area contributed by atoms with Crippen molar-refractivity contribution in [2.24, 2.45) is 0 Å². The molecule has 1 unspecified atom stereocenters. The summed E-state index contributed by atoms with van der Waals surface area (Å²) in [5, 5.41) is 15.0. The summed E-state index contributed by atoms with van der Waals surface area (Å²) in [5.41, 5.74) is 0.221. The number of aliphatic hydroxyl groups is 1. The van der Waals surface area contributed by atoms with Gasteiger partial charge in [0.15, 0.2) is 5.78 Å². The molecular formula is C17H26N2O4. The fourth-order valence-electron chi connectivity index (χ4n) is 1.72. The highest BCUT2D eigenvalue weighted by Crippen LogP contribution is 2.24. The lowest BCUT2D eigenvalue weighted by Crippen LogP contribution is -2.31. The van der Waals surface area contributed by atoms with Gasteiger partial charge in [-0.3, -0.25) is 9.59 Å². The lowest BCUT2D eigenvalue weighted by Gasteiger charge is -2.15. The van der Waals surface area contributed by atoms with Crippen LogP contribution in [0.1, 0.15) is 50.8 Å². The van der Waals surface area contributed by atoms with E-state index in [0.29, 0.717) is 18.5 Å². The molecule has 0 bridgehead atoms. The van der Waals surface area contributed by atoms with Gasteiger partial charge in [-0.25, -0.2) is 0 Å². The highest BCUT2D eigenvalue weighted by molar-refractivity contribution is 5.99. The molecule has 0 heterocycles. The molecule has 0 aromatic heterocycles. The van der Waals surface area contributed by atoms with Crippen LogP contribution in [0.2, 0.25) is 0 Å². The molecule has 23 heavy (non-hydrogen) atoms. The third-order valence-corrected chi connectivity index (χ3v) is 2.76. The molecule has 1 amide bonds. The zero-order valence-corrected chi connectivity index (χ0v) is 13.5. The Labute approximate surface area is 144 Å². The first-order valence-corrected chi connectivity index (χ1v) is 7.40. The number of ether oxygens (including phenoxy) is 1. The Morgan fingerprint density at radius 2 is 2.17 bits per heavy atom. The van der Waals surface area contributed by atoms with Gasteiger partial charge in [-0.15, -0.1) is 0 Å². The van der Waals surface area contributed by atoms with Gasteiger partial charge in [0.25, 0.3) is 0 Å². The number of ketones is 1. The van der Waals surface area contributed by atoms with Gasteiger partial charge in [0, 0.05) is 21.3 Å². The minimum absolute atomic E-state index is 0.0368. The van der Waals surface area contributed by atoms with Crippen molar-refractivity contribution in [3.8, 4) is 5.75 Å². The fraction of sp³-hybridized carbons (Fsp3) is 0.529. The molecule has 1 atom stereocenters. The van der Waals surface area contributed by atoms with Crippen molar-refractivity contribution in [3.05, 3.63) is 23.8 Å². The van der Waals surface area contributed by atoms with Crippen LogP contribution in [0.25, 0.3) is 0 Å². The summed E-state index contributed by atoms with van der Waals surface area (Å²) in [6.45, 7) is -1.43. The molecule has 3 N–H and O–H groups in total. The average molecular weight is 327 g/mol. The second-order valence-electron chi connectivity index (χ2n) is 4.77. The molecule has 6 heteroatoms. The van der Waals surface area contributed by atoms with Crippen LogP contribution in [0.4, 0.5) is 5.69 Å². The van der Waals surface area contributed by atoms with Gasteiger partial charge < -0.3 is 20.5 Å². The van der Waals surface area contributed by atoms with Crippen molar-refractivity contribution < 1.29 is 26.3 Å². The number of nitrogens with one attached hydrogen (secondary N) is 2. The summed E-state index contributed by atoms with van der Waals surface area (Å²) >= 11 is 0. The Bertz CT molecular complexity index is 725. The van der Waals surface area contributed by atoms with Gasteiger partial charge in [-0.05, 0) is 38.1 Å². The molecule has 128 valence electrons. The first-order chi connectivity index (χ1) is 12.8. The fourth-order valence-corrected chi connectivity index (χ4v) is 1.72. The molecule has 0 aliphatic rings. The van der Waals surface area contributed by atoms with Gasteiger partial charge in [0.05, 0.1) is 9.68 Å². The first kappa shape index (κ1) is 12.5. The molecule has 0 aliphatic carbocycles. The molecule has 0 saturated carbocycles. The van der Waals surface area contributed by atoms with Crippen LogP contribution in [0, 0.1) is 0 Å². The topological polar surface area (TPSA) is 87.7 Å². The van der Waals surface area contributed by atoms with Crippen molar-refractivity contribution in [1.29, 1.82) is 0 Å². The highest BCUT2D eigenvalue weighted by Gasteiger charge is 2.13. The lowest BCUT2D eigenvalue weighted by molar-refractivity contribution is -0.116. The number of hydrogen-bond acceptors (Lipinski definition) is 5. The third-order valence-electron chi connectivity index (χ3n) is 2.76. The van der Waals surface area contributed by atoms with E-state index < -0.39 is 24.9 Å². The van der Waals surface area contributed by atoms with Gasteiger partial charge in [-0.2, -0.15) is 0 Å². The molecular weight excluding hydrogens is 296 g/mol. The van der Waals surface area contributed by atoms with Gasteiger partial charge in [-0.1, -0.05) is 13.8 Å². The predicted octanol–water partition coefficient (Wildman–Crippen LogP) is 1.98. The van der Waals surface area contributed by atoms with E-state index in [1.807, 2.05) is 6.92 Å². The normalized spacial score (nSPS) is 17.7. The summed E-state index contributed by atoms with van der Waals surface area (Å²) < 4.78 is 44.2. The van der Waals surface area contributed by atoms with Gasteiger partial charge in [0.2, 0.25) is 5.91 Å². The maximum atomic E-state index is 12.0. The number of carbonyl (C=O) groups excluding carboxylic acids is 2. The van der Waals surface area contributed by atoms with Gasteiger partial charge >= 0.3 is 0 Å². The first-order valence-electron chi connectivity index (χ1n) is 9.90. The van der Waals surface area contributed by atoms with Crippen LogP contribution in [-0.2, 0) is 4.79 Å². The number of likely N-dealkylation sites (N-methyl/N-ethyl adjacent to an activating group) is 1. The Morgan fingerprint density at radius 1 is 1.43 bits per heavy atom. The highest BCUT2D eigenvalue weighted by atomic mass is 16.5. The average Bonchev–Trinajstić information content (AvgIpc) is 2.55. The quantitative estimate of drug-likeness (QED) is 0.572. The number of anilines is 1. The molecule has 0 saturated heterocycles. The van der Waals surface area contributed by atoms with Crippen LogP contribution in [0.15, 0.2) is 18.2 Å². The zero-order chi connectivity index (χ0) is 21.8. The van der Waals surface area contributed by atoms with Crippen molar-refractivity contribution in [1.82, 2.24) is 5.32 Å². The van der Waals surface area contributed by atoms with Crippen LogP contribution in [0.3, 0.4) is 0 Å². The molecule has 0 fully saturated rings. The lowest BCUT2D eigenvalue weighted by atomic mass is 10.1. The molecule has 0 aliphatic heterocycles. The van der Waals surface area contributed by atoms with Crippen LogP contribution >= 0.6 is 0 Å². The second-order valence-corrected chi connectivity index (χ2v) is 4.77. The van der Waals surface area contributed by atoms with Crippen molar-refractivity contribution in [2.45, 2.75) is 39.7 Å². The van der Waals surface area contributed by atoms with E-state index in [9.17, 15) is 14.7 Å². The van der Waals surface area contributed by atoms with Gasteiger partial charge in [0.1, 0.15) is 18.4 Å². The van der Waals surface area contributed by atoms with E-state index in [4.69, 9.17) is 11.6 Å². The van der Waals surface area contributed by atoms with Crippen molar-refractivity contribution in [2.75, 3.05) is 24.9 Å². The molecule has 6 nitrogen and oxygen atoms in total. The van der Waals surface area contributed by atoms with E-state index in [0.717, 1.165) is 0 Å². The summed E-state index contributed by atoms with van der Waals surface area (Å²) in [7, 11) is 0. The van der Waals surface area contributed by atoms with E-state index >= 15 is 0 Å². The maximum Gasteiger partial charge on any atom is 0.224 e. The molecule has 1 aromatic rings. The predicted molar refractivity (Wildman–Crippen MR) is 90.0 cm³/mol. The summed E-state index contributed by atoms with van der Waals surface area (Å²) in [6.07, 6.45) is -2.40. The monoisotopic (exact) mass is 327 g/mol. The third kappa shape index (κ3) is 6.80. The van der Waals surface area contributed by atoms with E-state index in [1.54, 1.807) is 0 Å². The summed E-state index contributed by atoms with van der Waals surface area (Å²) in [5.74, 6) is -1.04. The second kappa shape index (κ2) is 9.97. The Balaban J connectivity index is 3.22. The minimum Gasteiger partial charge on any atom is -0.490 e. The Kier molecular flexibility index (Phi) is 5.42. The standard InChI is InChI=1S/C17H26N2O4/c1-4-6-17(22)19-13-7-8-16(15(9-13)12(3)20)23-11-14(21)10-18-5-2/h7-9,14,18,21H,4-6,10-11H2,1-3H3,(H,19,22)/i10D2,11D2,14D. The smallest absolute Gasteiger partial charge is 0.224 e. The van der Waals surface area contributed by atoms with Crippen molar-refractivity contribution in [3.63, 3.8) is 0 Å². The largest absolute Gasteiger partial charge is 0.490 e. The zero-order valence-electron chi connectivity index (χ0n) is 18.5. The summed E-state index contributed by atoms with van der Waals surface area (Å²) in [6, 6.07) is 3.89. The Morgan fingerprint density at radius 3 is 2.78 bits per heavy atom. The van der Waals surface area contributed by atoms with Crippen LogP contribution in [-0.4, -0.2) is 42.5 Å². The molecule has 0 radical (unpaired) electrons.